The number of nitrogens with one attached hydrogen (secondary N) is 1. The number of aliphatic carboxylic acids is 1. The van der Waals surface area contributed by atoms with Gasteiger partial charge in [-0.05, 0) is 37.6 Å². The van der Waals surface area contributed by atoms with E-state index in [9.17, 15) is 9.59 Å². The van der Waals surface area contributed by atoms with Gasteiger partial charge in [0.15, 0.2) is 0 Å². The number of halogens is 1. The number of carboxylic acid groups (broad SMARTS) is 1. The number of carbonyl (C=O) groups is 2. The highest BCUT2D eigenvalue weighted by Crippen LogP contribution is 2.14. The van der Waals surface area contributed by atoms with E-state index >= 15 is 0 Å². The number of rotatable bonds is 3. The number of aryl methyl sites for hydroxylation is 1. The van der Waals surface area contributed by atoms with E-state index in [-0.39, 0.29) is 0 Å². The lowest BCUT2D eigenvalue weighted by atomic mass is 10.1. The van der Waals surface area contributed by atoms with Crippen molar-refractivity contribution in [2.24, 2.45) is 0 Å². The summed E-state index contributed by atoms with van der Waals surface area (Å²) in [6.45, 7) is 3.21. The maximum atomic E-state index is 11.6. The predicted molar refractivity (Wildman–Crippen MR) is 60.8 cm³/mol. The fourth-order valence-electron chi connectivity index (χ4n) is 1.21. The molecule has 0 saturated carbocycles. The lowest BCUT2D eigenvalue weighted by Gasteiger charge is -2.09. The van der Waals surface area contributed by atoms with Crippen LogP contribution < -0.4 is 5.32 Å². The van der Waals surface area contributed by atoms with E-state index in [0.717, 1.165) is 5.56 Å². The van der Waals surface area contributed by atoms with Crippen LogP contribution in [0.5, 0.6) is 0 Å². The Morgan fingerprint density at radius 3 is 2.50 bits per heavy atom. The van der Waals surface area contributed by atoms with Crippen LogP contribution in [0.4, 0.5) is 0 Å². The van der Waals surface area contributed by atoms with Gasteiger partial charge in [-0.2, -0.15) is 0 Å². The second-order valence-corrected chi connectivity index (χ2v) is 3.99. The van der Waals surface area contributed by atoms with Gasteiger partial charge in [-0.15, -0.1) is 0 Å². The SMILES string of the molecule is Cc1cc(Cl)cc(C(=O)NC(C)C(=O)O)c1. The summed E-state index contributed by atoms with van der Waals surface area (Å²) in [4.78, 5) is 22.2. The molecule has 0 bridgehead atoms. The molecule has 0 saturated heterocycles. The Morgan fingerprint density at radius 2 is 2.00 bits per heavy atom. The summed E-state index contributed by atoms with van der Waals surface area (Å²) < 4.78 is 0. The van der Waals surface area contributed by atoms with E-state index < -0.39 is 17.9 Å². The molecule has 1 amide bonds. The van der Waals surface area contributed by atoms with Gasteiger partial charge in [-0.3, -0.25) is 9.59 Å². The molecule has 0 heterocycles. The first-order valence-corrected chi connectivity index (χ1v) is 5.09. The van der Waals surface area contributed by atoms with E-state index in [1.54, 1.807) is 12.1 Å². The van der Waals surface area contributed by atoms with Crippen molar-refractivity contribution in [3.63, 3.8) is 0 Å². The van der Waals surface area contributed by atoms with Gasteiger partial charge in [0.2, 0.25) is 0 Å². The molecular weight excluding hydrogens is 230 g/mol. The van der Waals surface area contributed by atoms with Gasteiger partial charge >= 0.3 is 5.97 Å². The molecule has 0 spiro atoms. The zero-order valence-electron chi connectivity index (χ0n) is 8.95. The first-order valence-electron chi connectivity index (χ1n) is 4.71. The predicted octanol–water partition coefficient (Wildman–Crippen LogP) is 1.85. The van der Waals surface area contributed by atoms with Crippen molar-refractivity contribution in [1.82, 2.24) is 5.32 Å². The van der Waals surface area contributed by atoms with Crippen LogP contribution in [0.25, 0.3) is 0 Å². The van der Waals surface area contributed by atoms with Crippen molar-refractivity contribution in [3.8, 4) is 0 Å². The van der Waals surface area contributed by atoms with Gasteiger partial charge < -0.3 is 10.4 Å². The fourth-order valence-corrected chi connectivity index (χ4v) is 1.50. The van der Waals surface area contributed by atoms with Crippen molar-refractivity contribution >= 4 is 23.5 Å². The molecular formula is C11H12ClNO3. The number of benzene rings is 1. The summed E-state index contributed by atoms with van der Waals surface area (Å²) >= 11 is 5.80. The molecule has 1 aromatic rings. The number of carbonyl (C=O) groups excluding carboxylic acids is 1. The Labute approximate surface area is 98.2 Å². The second kappa shape index (κ2) is 4.99. The minimum absolute atomic E-state index is 0.359. The molecule has 86 valence electrons. The summed E-state index contributed by atoms with van der Waals surface area (Å²) in [6, 6.07) is 3.94. The molecule has 1 unspecified atom stereocenters. The molecule has 0 fully saturated rings. The first kappa shape index (κ1) is 12.5. The van der Waals surface area contributed by atoms with Crippen LogP contribution in [0.1, 0.15) is 22.8 Å². The van der Waals surface area contributed by atoms with E-state index in [2.05, 4.69) is 5.32 Å². The molecule has 1 atom stereocenters. The number of amides is 1. The van der Waals surface area contributed by atoms with Crippen molar-refractivity contribution in [3.05, 3.63) is 34.3 Å². The Kier molecular flexibility index (Phi) is 3.90. The molecule has 0 aliphatic heterocycles. The highest BCUT2D eigenvalue weighted by molar-refractivity contribution is 6.31. The molecule has 16 heavy (non-hydrogen) atoms. The van der Waals surface area contributed by atoms with Crippen LogP contribution in [0.3, 0.4) is 0 Å². The van der Waals surface area contributed by atoms with Crippen LogP contribution in [-0.4, -0.2) is 23.0 Å². The summed E-state index contributed by atoms with van der Waals surface area (Å²) in [7, 11) is 0. The Morgan fingerprint density at radius 1 is 1.38 bits per heavy atom. The molecule has 1 rings (SSSR count). The molecule has 2 N–H and O–H groups in total. The van der Waals surface area contributed by atoms with Crippen LogP contribution in [0.15, 0.2) is 18.2 Å². The zero-order chi connectivity index (χ0) is 12.3. The maximum Gasteiger partial charge on any atom is 0.325 e. The van der Waals surface area contributed by atoms with Crippen molar-refractivity contribution in [2.75, 3.05) is 0 Å². The summed E-state index contributed by atoms with van der Waals surface area (Å²) in [5, 5.41) is 11.5. The first-order chi connectivity index (χ1) is 7.40. The number of carboxylic acids is 1. The largest absolute Gasteiger partial charge is 0.480 e. The van der Waals surface area contributed by atoms with E-state index in [0.29, 0.717) is 10.6 Å². The maximum absolute atomic E-state index is 11.6. The van der Waals surface area contributed by atoms with Crippen molar-refractivity contribution in [2.45, 2.75) is 19.9 Å². The third kappa shape index (κ3) is 3.24. The third-order valence-electron chi connectivity index (χ3n) is 2.02. The van der Waals surface area contributed by atoms with Crippen LogP contribution >= 0.6 is 11.6 Å². The van der Waals surface area contributed by atoms with Crippen molar-refractivity contribution in [1.29, 1.82) is 0 Å². The monoisotopic (exact) mass is 241 g/mol. The van der Waals surface area contributed by atoms with Gasteiger partial charge in [0.05, 0.1) is 0 Å². The minimum Gasteiger partial charge on any atom is -0.480 e. The summed E-state index contributed by atoms with van der Waals surface area (Å²) in [5.74, 6) is -1.52. The van der Waals surface area contributed by atoms with Gasteiger partial charge in [0.25, 0.3) is 5.91 Å². The van der Waals surface area contributed by atoms with E-state index in [1.165, 1.54) is 13.0 Å². The molecule has 0 aliphatic rings. The van der Waals surface area contributed by atoms with Crippen LogP contribution in [-0.2, 0) is 4.79 Å². The molecule has 0 radical (unpaired) electrons. The van der Waals surface area contributed by atoms with E-state index in [4.69, 9.17) is 16.7 Å². The Bertz CT molecular complexity index is 411. The third-order valence-corrected chi connectivity index (χ3v) is 2.24. The van der Waals surface area contributed by atoms with Gasteiger partial charge in [-0.25, -0.2) is 0 Å². The smallest absolute Gasteiger partial charge is 0.325 e. The topological polar surface area (TPSA) is 66.4 Å². The summed E-state index contributed by atoms with van der Waals surface area (Å²) in [5.41, 5.74) is 1.21. The molecule has 0 aromatic heterocycles. The lowest BCUT2D eigenvalue weighted by molar-refractivity contribution is -0.138. The van der Waals surface area contributed by atoms with E-state index in [1.807, 2.05) is 6.92 Å². The zero-order valence-corrected chi connectivity index (χ0v) is 9.71. The molecule has 5 heteroatoms. The van der Waals surface area contributed by atoms with Gasteiger partial charge in [0, 0.05) is 10.6 Å². The highest BCUT2D eigenvalue weighted by atomic mass is 35.5. The average Bonchev–Trinajstić information content (AvgIpc) is 2.15. The lowest BCUT2D eigenvalue weighted by Crippen LogP contribution is -2.38. The number of hydrogen-bond donors (Lipinski definition) is 2. The number of hydrogen-bond acceptors (Lipinski definition) is 2. The normalized spacial score (nSPS) is 11.9. The van der Waals surface area contributed by atoms with Crippen LogP contribution in [0, 0.1) is 6.92 Å². The molecule has 4 nitrogen and oxygen atoms in total. The molecule has 1 aromatic carbocycles. The van der Waals surface area contributed by atoms with Gasteiger partial charge in [-0.1, -0.05) is 11.6 Å². The summed E-state index contributed by atoms with van der Waals surface area (Å²) in [6.07, 6.45) is 0. The Hall–Kier alpha value is -1.55. The second-order valence-electron chi connectivity index (χ2n) is 3.55. The highest BCUT2D eigenvalue weighted by Gasteiger charge is 2.15. The quantitative estimate of drug-likeness (QED) is 0.849. The van der Waals surface area contributed by atoms with Gasteiger partial charge in [0.1, 0.15) is 6.04 Å². The average molecular weight is 242 g/mol. The standard InChI is InChI=1S/C11H12ClNO3/c1-6-3-8(5-9(12)4-6)10(14)13-7(2)11(15)16/h3-5,7H,1-2H3,(H,13,14)(H,15,16). The minimum atomic E-state index is -1.08. The molecule has 0 aliphatic carbocycles. The van der Waals surface area contributed by atoms with Crippen LogP contribution in [0.2, 0.25) is 5.02 Å². The Balaban J connectivity index is 2.84. The van der Waals surface area contributed by atoms with Crippen molar-refractivity contribution < 1.29 is 14.7 Å². The fraction of sp³-hybridized carbons (Fsp3) is 0.273.